The Balaban J connectivity index is 1.70. The van der Waals surface area contributed by atoms with Gasteiger partial charge in [-0.3, -0.25) is 9.78 Å². The van der Waals surface area contributed by atoms with Gasteiger partial charge in [-0.25, -0.2) is 0 Å². The highest BCUT2D eigenvalue weighted by Gasteiger charge is 2.22. The third kappa shape index (κ3) is 3.05. The fraction of sp³-hybridized carbons (Fsp3) is 0.412. The predicted molar refractivity (Wildman–Crippen MR) is 84.1 cm³/mol. The Morgan fingerprint density at radius 2 is 2.24 bits per heavy atom. The molecule has 0 unspecified atom stereocenters. The first-order chi connectivity index (χ1) is 10.3. The summed E-state index contributed by atoms with van der Waals surface area (Å²) in [7, 11) is 0. The number of amides is 1. The number of para-hydroxylation sites is 1. The van der Waals surface area contributed by atoms with Crippen LogP contribution in [0.2, 0.25) is 0 Å². The van der Waals surface area contributed by atoms with Gasteiger partial charge in [0, 0.05) is 43.7 Å². The third-order valence-corrected chi connectivity index (χ3v) is 4.17. The molecule has 3 rings (SSSR count). The molecule has 0 radical (unpaired) electrons. The van der Waals surface area contributed by atoms with Crippen LogP contribution in [0, 0.1) is 0 Å². The second-order valence-electron chi connectivity index (χ2n) is 5.63. The van der Waals surface area contributed by atoms with E-state index in [2.05, 4.69) is 23.3 Å². The van der Waals surface area contributed by atoms with Gasteiger partial charge in [0.15, 0.2) is 0 Å². The van der Waals surface area contributed by atoms with Crippen molar-refractivity contribution in [2.45, 2.75) is 25.8 Å². The smallest absolute Gasteiger partial charge is 0.223 e. The number of carbonyl (C=O) groups is 1. The Labute approximate surface area is 125 Å². The van der Waals surface area contributed by atoms with Crippen LogP contribution in [0.4, 0.5) is 0 Å². The molecule has 1 atom stereocenters. The van der Waals surface area contributed by atoms with E-state index in [0.29, 0.717) is 12.5 Å². The van der Waals surface area contributed by atoms with Gasteiger partial charge in [0.25, 0.3) is 0 Å². The van der Waals surface area contributed by atoms with Crippen molar-refractivity contribution in [1.82, 2.24) is 15.2 Å². The maximum absolute atomic E-state index is 12.4. The fourth-order valence-corrected chi connectivity index (χ4v) is 2.97. The molecule has 1 saturated heterocycles. The summed E-state index contributed by atoms with van der Waals surface area (Å²) in [6.45, 7) is 4.71. The number of rotatable bonds is 3. The Morgan fingerprint density at radius 3 is 3.10 bits per heavy atom. The number of benzene rings is 1. The molecule has 4 heteroatoms. The van der Waals surface area contributed by atoms with E-state index in [1.54, 1.807) is 0 Å². The molecular weight excluding hydrogens is 262 g/mol. The molecule has 4 nitrogen and oxygen atoms in total. The molecule has 1 N–H and O–H groups in total. The maximum atomic E-state index is 12.4. The molecule has 0 bridgehead atoms. The highest BCUT2D eigenvalue weighted by Crippen LogP contribution is 2.18. The zero-order valence-electron chi connectivity index (χ0n) is 12.4. The Morgan fingerprint density at radius 1 is 1.38 bits per heavy atom. The summed E-state index contributed by atoms with van der Waals surface area (Å²) in [6.07, 6.45) is 3.17. The van der Waals surface area contributed by atoms with E-state index in [9.17, 15) is 4.79 Å². The molecule has 110 valence electrons. The monoisotopic (exact) mass is 283 g/mol. The lowest BCUT2D eigenvalue weighted by atomic mass is 10.0. The lowest BCUT2D eigenvalue weighted by Gasteiger charge is -2.34. The molecule has 1 aliphatic rings. The number of nitrogens with one attached hydrogen (secondary N) is 1. The van der Waals surface area contributed by atoms with Crippen molar-refractivity contribution >= 4 is 16.8 Å². The first-order valence-corrected chi connectivity index (χ1v) is 7.58. The van der Waals surface area contributed by atoms with Crippen LogP contribution in [-0.4, -0.2) is 41.5 Å². The van der Waals surface area contributed by atoms with E-state index in [4.69, 9.17) is 0 Å². The zero-order valence-corrected chi connectivity index (χ0v) is 12.4. The van der Waals surface area contributed by atoms with Gasteiger partial charge in [0.2, 0.25) is 5.91 Å². The van der Waals surface area contributed by atoms with Crippen LogP contribution < -0.4 is 5.32 Å². The standard InChI is InChI=1S/C17H21N3O/c1-13-12-18-10-11-20(13)17(21)7-6-14-8-9-19-16-5-3-2-4-15(14)16/h2-5,8-9,13,18H,6-7,10-12H2,1H3/t13-/m1/s1. The third-order valence-electron chi connectivity index (χ3n) is 4.17. The number of aryl methyl sites for hydroxylation is 1. The Kier molecular flexibility index (Phi) is 4.15. The number of piperazine rings is 1. The summed E-state index contributed by atoms with van der Waals surface area (Å²) < 4.78 is 0. The largest absolute Gasteiger partial charge is 0.337 e. The molecule has 1 aromatic carbocycles. The highest BCUT2D eigenvalue weighted by molar-refractivity contribution is 5.83. The van der Waals surface area contributed by atoms with Crippen LogP contribution in [0.3, 0.4) is 0 Å². The number of pyridine rings is 1. The van der Waals surface area contributed by atoms with Crippen molar-refractivity contribution in [2.24, 2.45) is 0 Å². The SMILES string of the molecule is C[C@@H]1CNCCN1C(=O)CCc1ccnc2ccccc12. The minimum atomic E-state index is 0.255. The quantitative estimate of drug-likeness (QED) is 0.937. The van der Waals surface area contributed by atoms with Crippen LogP contribution in [0.5, 0.6) is 0 Å². The average Bonchev–Trinajstić information content (AvgIpc) is 2.53. The van der Waals surface area contributed by atoms with E-state index in [1.807, 2.05) is 35.4 Å². The van der Waals surface area contributed by atoms with Crippen molar-refractivity contribution < 1.29 is 4.79 Å². The fourth-order valence-electron chi connectivity index (χ4n) is 2.97. The van der Waals surface area contributed by atoms with Gasteiger partial charge in [-0.1, -0.05) is 18.2 Å². The summed E-state index contributed by atoms with van der Waals surface area (Å²) in [6, 6.07) is 10.4. The van der Waals surface area contributed by atoms with E-state index >= 15 is 0 Å². The molecule has 0 saturated carbocycles. The van der Waals surface area contributed by atoms with Crippen LogP contribution in [0.15, 0.2) is 36.5 Å². The van der Waals surface area contributed by atoms with Crippen molar-refractivity contribution in [3.8, 4) is 0 Å². The normalized spacial score (nSPS) is 18.9. The lowest BCUT2D eigenvalue weighted by molar-refractivity contribution is -0.133. The van der Waals surface area contributed by atoms with E-state index < -0.39 is 0 Å². The number of hydrogen-bond donors (Lipinski definition) is 1. The number of hydrogen-bond acceptors (Lipinski definition) is 3. The number of nitrogens with zero attached hydrogens (tertiary/aromatic N) is 2. The van der Waals surface area contributed by atoms with Crippen molar-refractivity contribution in [3.05, 3.63) is 42.1 Å². The first kappa shape index (κ1) is 14.0. The van der Waals surface area contributed by atoms with Gasteiger partial charge >= 0.3 is 0 Å². The lowest BCUT2D eigenvalue weighted by Crippen LogP contribution is -2.52. The molecular formula is C17H21N3O. The molecule has 0 aliphatic carbocycles. The summed E-state index contributed by atoms with van der Waals surface area (Å²) in [5, 5.41) is 4.47. The highest BCUT2D eigenvalue weighted by atomic mass is 16.2. The van der Waals surface area contributed by atoms with Gasteiger partial charge in [-0.15, -0.1) is 0 Å². The first-order valence-electron chi connectivity index (χ1n) is 7.58. The van der Waals surface area contributed by atoms with Gasteiger partial charge in [-0.05, 0) is 31.0 Å². The number of aromatic nitrogens is 1. The Bertz CT molecular complexity index is 635. The Hall–Kier alpha value is -1.94. The summed E-state index contributed by atoms with van der Waals surface area (Å²) in [4.78, 5) is 18.8. The predicted octanol–water partition coefficient (Wildman–Crippen LogP) is 1.99. The molecule has 1 fully saturated rings. The van der Waals surface area contributed by atoms with Gasteiger partial charge in [0.1, 0.15) is 0 Å². The molecule has 2 aromatic rings. The van der Waals surface area contributed by atoms with E-state index in [0.717, 1.165) is 37.0 Å². The van der Waals surface area contributed by atoms with Crippen molar-refractivity contribution in [2.75, 3.05) is 19.6 Å². The minimum Gasteiger partial charge on any atom is -0.337 e. The molecule has 0 spiro atoms. The van der Waals surface area contributed by atoms with Gasteiger partial charge in [-0.2, -0.15) is 0 Å². The van der Waals surface area contributed by atoms with Crippen molar-refractivity contribution in [1.29, 1.82) is 0 Å². The molecule has 21 heavy (non-hydrogen) atoms. The second-order valence-corrected chi connectivity index (χ2v) is 5.63. The summed E-state index contributed by atoms with van der Waals surface area (Å²) in [5.74, 6) is 0.255. The minimum absolute atomic E-state index is 0.255. The summed E-state index contributed by atoms with van der Waals surface area (Å²) in [5.41, 5.74) is 2.20. The van der Waals surface area contributed by atoms with Crippen LogP contribution in [0.1, 0.15) is 18.9 Å². The van der Waals surface area contributed by atoms with E-state index in [-0.39, 0.29) is 5.91 Å². The van der Waals surface area contributed by atoms with Crippen LogP contribution in [0.25, 0.3) is 10.9 Å². The average molecular weight is 283 g/mol. The number of carbonyl (C=O) groups excluding carboxylic acids is 1. The van der Waals surface area contributed by atoms with Gasteiger partial charge in [0.05, 0.1) is 5.52 Å². The molecule has 2 heterocycles. The van der Waals surface area contributed by atoms with Crippen molar-refractivity contribution in [3.63, 3.8) is 0 Å². The molecule has 1 amide bonds. The topological polar surface area (TPSA) is 45.2 Å². The summed E-state index contributed by atoms with van der Waals surface area (Å²) >= 11 is 0. The molecule has 1 aromatic heterocycles. The number of fused-ring (bicyclic) bond motifs is 1. The van der Waals surface area contributed by atoms with E-state index in [1.165, 1.54) is 5.56 Å². The second kappa shape index (κ2) is 6.22. The van der Waals surface area contributed by atoms with Gasteiger partial charge < -0.3 is 10.2 Å². The molecule has 1 aliphatic heterocycles. The van der Waals surface area contributed by atoms with Crippen LogP contribution in [-0.2, 0) is 11.2 Å². The van der Waals surface area contributed by atoms with Crippen LogP contribution >= 0.6 is 0 Å². The zero-order chi connectivity index (χ0) is 14.7. The maximum Gasteiger partial charge on any atom is 0.223 e.